The minimum absolute atomic E-state index is 0.130. The van der Waals surface area contributed by atoms with E-state index in [-0.39, 0.29) is 5.41 Å². The first kappa shape index (κ1) is 15.5. The Morgan fingerprint density at radius 3 is 2.18 bits per heavy atom. The van der Waals surface area contributed by atoms with Gasteiger partial charge in [0.2, 0.25) is 0 Å². The number of benzene rings is 3. The van der Waals surface area contributed by atoms with E-state index in [2.05, 4.69) is 94.6 Å². The summed E-state index contributed by atoms with van der Waals surface area (Å²) in [6, 6.07) is 19.3. The summed E-state index contributed by atoms with van der Waals surface area (Å²) in [4.78, 5) is 1.99. The van der Waals surface area contributed by atoms with Gasteiger partial charge < -0.3 is 0 Å². The zero-order chi connectivity index (χ0) is 15.9. The summed E-state index contributed by atoms with van der Waals surface area (Å²) in [6.45, 7) is 6.70. The van der Waals surface area contributed by atoms with E-state index in [9.17, 15) is 0 Å². The molecule has 0 amide bonds. The lowest BCUT2D eigenvalue weighted by molar-refractivity contribution is 0.590. The van der Waals surface area contributed by atoms with Crippen LogP contribution in [0.2, 0.25) is 0 Å². The van der Waals surface area contributed by atoms with Crippen LogP contribution in [0.3, 0.4) is 0 Å². The van der Waals surface area contributed by atoms with Gasteiger partial charge in [0.15, 0.2) is 0 Å². The van der Waals surface area contributed by atoms with Crippen LogP contribution in [0.25, 0.3) is 21.9 Å². The van der Waals surface area contributed by atoms with Crippen LogP contribution < -0.4 is 0 Å². The zero-order valence-corrected chi connectivity index (χ0v) is 14.9. The van der Waals surface area contributed by atoms with Crippen LogP contribution in [0.4, 0.5) is 0 Å². The lowest BCUT2D eigenvalue weighted by Gasteiger charge is -2.21. The topological polar surface area (TPSA) is 0 Å². The largest absolute Gasteiger partial charge is 0.143 e. The molecule has 0 fully saturated rings. The third-order valence-electron chi connectivity index (χ3n) is 4.00. The van der Waals surface area contributed by atoms with Gasteiger partial charge in [-0.25, -0.2) is 0 Å². The second-order valence-electron chi connectivity index (χ2n) is 6.73. The Hall–Kier alpha value is -1.38. The molecule has 3 rings (SSSR count). The maximum Gasteiger partial charge on any atom is 0.0119 e. The molecule has 22 heavy (non-hydrogen) atoms. The van der Waals surface area contributed by atoms with Crippen LogP contribution in [0, 0.1) is 0 Å². The fraction of sp³-hybridized carbons (Fsp3) is 0.200. The predicted molar refractivity (Wildman–Crippen MR) is 103 cm³/mol. The maximum atomic E-state index is 4.65. The molecule has 0 aliphatic heterocycles. The molecule has 0 spiro atoms. The number of fused-ring (bicyclic) bond motifs is 1. The first-order valence-corrected chi connectivity index (χ1v) is 8.31. The molecule has 0 atom stereocenters. The second kappa shape index (κ2) is 5.68. The van der Waals surface area contributed by atoms with Gasteiger partial charge in [0.05, 0.1) is 0 Å². The Kier molecular flexibility index (Phi) is 4.00. The van der Waals surface area contributed by atoms with E-state index in [1.807, 2.05) is 6.07 Å². The third-order valence-corrected chi connectivity index (χ3v) is 4.67. The third kappa shape index (κ3) is 3.04. The van der Waals surface area contributed by atoms with E-state index < -0.39 is 0 Å². The minimum Gasteiger partial charge on any atom is -0.143 e. The van der Waals surface area contributed by atoms with E-state index in [4.69, 9.17) is 0 Å². The molecule has 0 saturated heterocycles. The van der Waals surface area contributed by atoms with Crippen molar-refractivity contribution in [2.45, 2.75) is 36.0 Å². The van der Waals surface area contributed by atoms with E-state index >= 15 is 0 Å². The monoisotopic (exact) mass is 324 g/mol. The summed E-state index contributed by atoms with van der Waals surface area (Å²) in [7, 11) is 0. The zero-order valence-electron chi connectivity index (χ0n) is 13.1. The highest BCUT2D eigenvalue weighted by Gasteiger charge is 2.15. The van der Waals surface area contributed by atoms with Gasteiger partial charge in [-0.3, -0.25) is 0 Å². The van der Waals surface area contributed by atoms with Crippen LogP contribution in [0.5, 0.6) is 0 Å². The summed E-state index contributed by atoms with van der Waals surface area (Å²) >= 11 is 9.09. The first-order valence-electron chi connectivity index (χ1n) is 7.41. The Labute approximate surface area is 143 Å². The van der Waals surface area contributed by atoms with E-state index in [1.54, 1.807) is 0 Å². The van der Waals surface area contributed by atoms with Crippen LogP contribution in [-0.2, 0) is 5.41 Å². The average molecular weight is 325 g/mol. The molecule has 0 N–H and O–H groups in total. The first-order chi connectivity index (χ1) is 10.3. The van der Waals surface area contributed by atoms with E-state index in [1.165, 1.54) is 27.5 Å². The molecule has 0 heterocycles. The Bertz CT molecular complexity index is 842. The number of hydrogen-bond donors (Lipinski definition) is 2. The molecule has 0 saturated carbocycles. The molecule has 0 unspecified atom stereocenters. The van der Waals surface area contributed by atoms with Gasteiger partial charge in [-0.15, -0.1) is 25.3 Å². The van der Waals surface area contributed by atoms with Gasteiger partial charge in [-0.1, -0.05) is 45.0 Å². The summed E-state index contributed by atoms with van der Waals surface area (Å²) < 4.78 is 0. The van der Waals surface area contributed by atoms with Gasteiger partial charge in [0.1, 0.15) is 0 Å². The quantitative estimate of drug-likeness (QED) is 0.477. The van der Waals surface area contributed by atoms with Gasteiger partial charge in [-0.05, 0) is 63.2 Å². The highest BCUT2D eigenvalue weighted by Crippen LogP contribution is 2.34. The fourth-order valence-electron chi connectivity index (χ4n) is 2.64. The molecule has 3 aromatic carbocycles. The van der Waals surface area contributed by atoms with Gasteiger partial charge in [0, 0.05) is 9.79 Å². The van der Waals surface area contributed by atoms with Gasteiger partial charge in [0.25, 0.3) is 0 Å². The number of hydrogen-bond acceptors (Lipinski definition) is 2. The van der Waals surface area contributed by atoms with Gasteiger partial charge >= 0.3 is 0 Å². The van der Waals surface area contributed by atoms with Crippen molar-refractivity contribution in [3.8, 4) is 11.1 Å². The van der Waals surface area contributed by atoms with Crippen LogP contribution in [0.15, 0.2) is 64.4 Å². The smallest absolute Gasteiger partial charge is 0.0119 e. The van der Waals surface area contributed by atoms with E-state index in [0.29, 0.717) is 0 Å². The van der Waals surface area contributed by atoms with Crippen molar-refractivity contribution in [2.75, 3.05) is 0 Å². The molecule has 2 heteroatoms. The van der Waals surface area contributed by atoms with Crippen LogP contribution >= 0.6 is 25.3 Å². The molecular formula is C20H20S2. The summed E-state index contributed by atoms with van der Waals surface area (Å²) in [5.41, 5.74) is 3.83. The SMILES string of the molecule is CC(C)(C)c1ccc(S)c(-c2ccc3ccc(S)cc3c2)c1. The van der Waals surface area contributed by atoms with Crippen molar-refractivity contribution in [2.24, 2.45) is 0 Å². The predicted octanol–water partition coefficient (Wildman–Crippen LogP) is 6.38. The summed E-state index contributed by atoms with van der Waals surface area (Å²) in [5, 5.41) is 2.44. The molecule has 0 aromatic heterocycles. The molecular weight excluding hydrogens is 304 g/mol. The lowest BCUT2D eigenvalue weighted by atomic mass is 9.85. The molecule has 0 bridgehead atoms. The lowest BCUT2D eigenvalue weighted by Crippen LogP contribution is -2.10. The molecule has 0 aliphatic carbocycles. The normalized spacial score (nSPS) is 11.9. The standard InChI is InChI=1S/C20H20S2/c1-20(2,3)16-7-9-19(22)18(12-16)14-5-4-13-6-8-17(21)11-15(13)10-14/h4-12,21-22H,1-3H3. The Morgan fingerprint density at radius 1 is 0.727 bits per heavy atom. The van der Waals surface area contributed by atoms with E-state index in [0.717, 1.165) is 9.79 Å². The Morgan fingerprint density at radius 2 is 1.45 bits per heavy atom. The summed E-state index contributed by atoms with van der Waals surface area (Å²) in [6.07, 6.45) is 0. The highest BCUT2D eigenvalue weighted by molar-refractivity contribution is 7.80. The molecule has 0 aliphatic rings. The van der Waals surface area contributed by atoms with Crippen molar-refractivity contribution in [1.29, 1.82) is 0 Å². The fourth-order valence-corrected chi connectivity index (χ4v) is 3.12. The molecule has 0 nitrogen and oxygen atoms in total. The number of rotatable bonds is 1. The minimum atomic E-state index is 0.130. The second-order valence-corrected chi connectivity index (χ2v) is 7.73. The van der Waals surface area contributed by atoms with Crippen molar-refractivity contribution >= 4 is 36.0 Å². The number of thiol groups is 2. The van der Waals surface area contributed by atoms with Crippen LogP contribution in [-0.4, -0.2) is 0 Å². The maximum absolute atomic E-state index is 4.65. The van der Waals surface area contributed by atoms with Crippen molar-refractivity contribution in [3.05, 3.63) is 60.2 Å². The highest BCUT2D eigenvalue weighted by atomic mass is 32.1. The average Bonchev–Trinajstić information content (AvgIpc) is 2.45. The molecule has 112 valence electrons. The summed E-state index contributed by atoms with van der Waals surface area (Å²) in [5.74, 6) is 0. The molecule has 3 aromatic rings. The van der Waals surface area contributed by atoms with Gasteiger partial charge in [-0.2, -0.15) is 0 Å². The molecule has 0 radical (unpaired) electrons. The van der Waals surface area contributed by atoms with Crippen LogP contribution in [0.1, 0.15) is 26.3 Å². The Balaban J connectivity index is 2.18. The van der Waals surface area contributed by atoms with Crippen molar-refractivity contribution in [3.63, 3.8) is 0 Å². The van der Waals surface area contributed by atoms with Crippen molar-refractivity contribution < 1.29 is 0 Å². The van der Waals surface area contributed by atoms with Crippen molar-refractivity contribution in [1.82, 2.24) is 0 Å².